The van der Waals surface area contributed by atoms with Crippen molar-refractivity contribution >= 4 is 0 Å². The Morgan fingerprint density at radius 2 is 2.10 bits per heavy atom. The van der Waals surface area contributed by atoms with Crippen molar-refractivity contribution in [3.05, 3.63) is 35.9 Å². The molecule has 0 aliphatic carbocycles. The van der Waals surface area contributed by atoms with E-state index in [9.17, 15) is 0 Å². The second-order valence-electron chi connectivity index (χ2n) is 6.63. The van der Waals surface area contributed by atoms with Crippen molar-refractivity contribution in [3.8, 4) is 12.3 Å². The molecule has 2 nitrogen and oxygen atoms in total. The van der Waals surface area contributed by atoms with Gasteiger partial charge in [0, 0.05) is 38.6 Å². The van der Waals surface area contributed by atoms with Gasteiger partial charge in [0.05, 0.1) is 0 Å². The summed E-state index contributed by atoms with van der Waals surface area (Å²) in [4.78, 5) is 2.56. The molecule has 0 aromatic heterocycles. The fourth-order valence-electron chi connectivity index (χ4n) is 3.22. The number of nitrogens with zero attached hydrogens (tertiary/aromatic N) is 1. The molecule has 1 saturated heterocycles. The van der Waals surface area contributed by atoms with E-state index in [4.69, 9.17) is 6.42 Å². The summed E-state index contributed by atoms with van der Waals surface area (Å²) in [6, 6.07) is 11.3. The third kappa shape index (κ3) is 4.67. The van der Waals surface area contributed by atoms with Crippen molar-refractivity contribution in [1.82, 2.24) is 10.2 Å². The summed E-state index contributed by atoms with van der Waals surface area (Å²) < 4.78 is 0. The summed E-state index contributed by atoms with van der Waals surface area (Å²) >= 11 is 0. The molecule has 1 unspecified atom stereocenters. The third-order valence-corrected chi connectivity index (χ3v) is 3.88. The van der Waals surface area contributed by atoms with Gasteiger partial charge < -0.3 is 5.32 Å². The molecular weight excluding hydrogens is 244 g/mol. The minimum atomic E-state index is 0.362. The first-order valence-corrected chi connectivity index (χ1v) is 7.52. The van der Waals surface area contributed by atoms with Crippen molar-refractivity contribution in [2.45, 2.75) is 39.3 Å². The number of hydrogen-bond donors (Lipinski definition) is 1. The monoisotopic (exact) mass is 270 g/mol. The molecule has 0 saturated carbocycles. The molecule has 20 heavy (non-hydrogen) atoms. The van der Waals surface area contributed by atoms with E-state index in [1.807, 2.05) is 0 Å². The fourth-order valence-corrected chi connectivity index (χ4v) is 3.22. The standard InChI is InChI=1S/C18H26N2/c1-4-5-11-19-17-12-18(2,3)15-20(14-17)13-16-9-7-6-8-10-16/h1,6-10,17,19H,5,11-15H2,2-3H3. The van der Waals surface area contributed by atoms with Crippen LogP contribution in [0.2, 0.25) is 0 Å². The van der Waals surface area contributed by atoms with Crippen molar-refractivity contribution in [1.29, 1.82) is 0 Å². The number of piperidine rings is 1. The summed E-state index contributed by atoms with van der Waals surface area (Å²) in [6.45, 7) is 8.96. The van der Waals surface area contributed by atoms with Crippen molar-refractivity contribution in [3.63, 3.8) is 0 Å². The molecular formula is C18H26N2. The lowest BCUT2D eigenvalue weighted by molar-refractivity contribution is 0.0837. The maximum atomic E-state index is 5.33. The fraction of sp³-hybridized carbons (Fsp3) is 0.556. The van der Waals surface area contributed by atoms with E-state index >= 15 is 0 Å². The molecule has 1 N–H and O–H groups in total. The Morgan fingerprint density at radius 1 is 1.35 bits per heavy atom. The van der Waals surface area contributed by atoms with Gasteiger partial charge in [-0.3, -0.25) is 4.90 Å². The van der Waals surface area contributed by atoms with Crippen LogP contribution in [0.4, 0.5) is 0 Å². The van der Waals surface area contributed by atoms with Crippen LogP contribution in [0.5, 0.6) is 0 Å². The first-order valence-electron chi connectivity index (χ1n) is 7.52. The number of nitrogens with one attached hydrogen (secondary N) is 1. The molecule has 0 radical (unpaired) electrons. The Balaban J connectivity index is 1.93. The number of likely N-dealkylation sites (tertiary alicyclic amines) is 1. The van der Waals surface area contributed by atoms with Crippen molar-refractivity contribution < 1.29 is 0 Å². The second-order valence-corrected chi connectivity index (χ2v) is 6.63. The van der Waals surface area contributed by atoms with Crippen LogP contribution in [0.3, 0.4) is 0 Å². The van der Waals surface area contributed by atoms with Crippen LogP contribution in [0, 0.1) is 17.8 Å². The van der Waals surface area contributed by atoms with Crippen LogP contribution in [-0.2, 0) is 6.54 Å². The predicted octanol–water partition coefficient (Wildman–Crippen LogP) is 2.90. The van der Waals surface area contributed by atoms with E-state index in [0.29, 0.717) is 11.5 Å². The van der Waals surface area contributed by atoms with Gasteiger partial charge in [0.1, 0.15) is 0 Å². The largest absolute Gasteiger partial charge is 0.312 e. The molecule has 1 aliphatic heterocycles. The highest BCUT2D eigenvalue weighted by Crippen LogP contribution is 2.29. The Morgan fingerprint density at radius 3 is 2.80 bits per heavy atom. The van der Waals surface area contributed by atoms with E-state index in [1.54, 1.807) is 0 Å². The first-order chi connectivity index (χ1) is 9.59. The summed E-state index contributed by atoms with van der Waals surface area (Å²) in [5, 5.41) is 3.61. The van der Waals surface area contributed by atoms with Crippen molar-refractivity contribution in [2.24, 2.45) is 5.41 Å². The second kappa shape index (κ2) is 6.92. The highest BCUT2D eigenvalue weighted by Gasteiger charge is 2.32. The molecule has 2 rings (SSSR count). The predicted molar refractivity (Wildman–Crippen MR) is 85.4 cm³/mol. The van der Waals surface area contributed by atoms with Crippen LogP contribution >= 0.6 is 0 Å². The van der Waals surface area contributed by atoms with Gasteiger partial charge >= 0.3 is 0 Å². The Hall–Kier alpha value is -1.30. The lowest BCUT2D eigenvalue weighted by Crippen LogP contribution is -2.52. The van der Waals surface area contributed by atoms with Crippen LogP contribution in [0.1, 0.15) is 32.3 Å². The molecule has 0 amide bonds. The zero-order chi connectivity index (χ0) is 14.4. The van der Waals surface area contributed by atoms with Gasteiger partial charge in [0.15, 0.2) is 0 Å². The minimum Gasteiger partial charge on any atom is -0.312 e. The zero-order valence-corrected chi connectivity index (χ0v) is 12.7. The maximum absolute atomic E-state index is 5.33. The van der Waals surface area contributed by atoms with Crippen LogP contribution in [0.25, 0.3) is 0 Å². The normalized spacial score (nSPS) is 22.4. The Bertz CT molecular complexity index is 444. The lowest BCUT2D eigenvalue weighted by atomic mass is 9.81. The van der Waals surface area contributed by atoms with E-state index in [1.165, 1.54) is 12.0 Å². The lowest BCUT2D eigenvalue weighted by Gasteiger charge is -2.43. The molecule has 1 aliphatic rings. The quantitative estimate of drug-likeness (QED) is 0.654. The number of rotatable bonds is 5. The number of benzene rings is 1. The smallest absolute Gasteiger partial charge is 0.0234 e. The highest BCUT2D eigenvalue weighted by atomic mass is 15.2. The van der Waals surface area contributed by atoms with E-state index in [-0.39, 0.29) is 0 Å². The summed E-state index contributed by atoms with van der Waals surface area (Å²) in [7, 11) is 0. The molecule has 2 heteroatoms. The molecule has 0 spiro atoms. The summed E-state index contributed by atoms with van der Waals surface area (Å²) in [6.07, 6.45) is 7.37. The molecule has 0 bridgehead atoms. The van der Waals surface area contributed by atoms with Gasteiger partial charge in [-0.1, -0.05) is 44.2 Å². The van der Waals surface area contributed by atoms with Gasteiger partial charge in [-0.15, -0.1) is 12.3 Å². The SMILES string of the molecule is C#CCCNC1CN(Cc2ccccc2)CC(C)(C)C1. The topological polar surface area (TPSA) is 15.3 Å². The van der Waals surface area contributed by atoms with Gasteiger partial charge in [0.2, 0.25) is 0 Å². The minimum absolute atomic E-state index is 0.362. The number of hydrogen-bond acceptors (Lipinski definition) is 2. The molecule has 1 atom stereocenters. The molecule has 1 aromatic carbocycles. The van der Waals surface area contributed by atoms with Crippen molar-refractivity contribution in [2.75, 3.05) is 19.6 Å². The average Bonchev–Trinajstić information content (AvgIpc) is 2.38. The zero-order valence-electron chi connectivity index (χ0n) is 12.7. The molecule has 1 heterocycles. The van der Waals surface area contributed by atoms with Gasteiger partial charge in [-0.05, 0) is 17.4 Å². The van der Waals surface area contributed by atoms with Gasteiger partial charge in [-0.2, -0.15) is 0 Å². The Labute approximate surface area is 123 Å². The Kier molecular flexibility index (Phi) is 5.23. The molecule has 1 fully saturated rings. The molecule has 1 aromatic rings. The van der Waals surface area contributed by atoms with Crippen LogP contribution < -0.4 is 5.32 Å². The molecule has 108 valence electrons. The highest BCUT2D eigenvalue weighted by molar-refractivity contribution is 5.14. The first kappa shape index (κ1) is 15.1. The van der Waals surface area contributed by atoms with Gasteiger partial charge in [-0.25, -0.2) is 0 Å². The summed E-state index contributed by atoms with van der Waals surface area (Å²) in [5.41, 5.74) is 1.76. The number of terminal acetylenes is 1. The van der Waals surface area contributed by atoms with E-state index < -0.39 is 0 Å². The average molecular weight is 270 g/mol. The maximum Gasteiger partial charge on any atom is 0.0234 e. The van der Waals surface area contributed by atoms with Crippen LogP contribution in [-0.4, -0.2) is 30.6 Å². The third-order valence-electron chi connectivity index (χ3n) is 3.88. The van der Waals surface area contributed by atoms with Gasteiger partial charge in [0.25, 0.3) is 0 Å². The van der Waals surface area contributed by atoms with E-state index in [0.717, 1.165) is 32.6 Å². The van der Waals surface area contributed by atoms with Crippen LogP contribution in [0.15, 0.2) is 30.3 Å². The van der Waals surface area contributed by atoms with E-state index in [2.05, 4.69) is 60.3 Å². The summed E-state index contributed by atoms with van der Waals surface area (Å²) in [5.74, 6) is 2.70.